The normalized spacial score (nSPS) is 11.4. The van der Waals surface area contributed by atoms with Crippen LogP contribution in [0.3, 0.4) is 0 Å². The maximum absolute atomic E-state index is 5.25. The standard InChI is InChI=1S/2C47H29N5.C39H25N5/c1-3-15-39-30(9-1)11-5-17-41(39)46-50-45(51-47(52-46)42-18-6-12-31-10-2-4-16-40(31)42)38-26-36(34-21-19-32-13-7-23-48-43(32)28-34)25-37(27-38)35-22-20-33-14-8-24-49-44(33)29-35;1-3-9-32-23-34(17-15-30(32)7-1)45-50-46(35-18-16-31-8-2-4-10-33(31)24-35)52-47(51-45)40-26-38(41-13-5-11-36-28-48-21-19-43(36)41)25-39(27-40)42-14-6-12-37-29-49-22-20-44(37)42;1-3-9-26(10-4-1)37-42-38(27-11-5-2-6-12-27)44-39(43-37)34-24-32(28-15-17-35-30(21-28)13-7-19-40-35)23-33(25-34)29-16-18-36-31(22-29)14-8-20-41-36/h2*1-29H;1-25H. The molecule has 9 heterocycles. The van der Waals surface area contributed by atoms with Gasteiger partial charge in [0.15, 0.2) is 52.4 Å². The van der Waals surface area contributed by atoms with Crippen LogP contribution in [0.1, 0.15) is 0 Å². The van der Waals surface area contributed by atoms with E-state index in [1.807, 2.05) is 135 Å². The van der Waals surface area contributed by atoms with Gasteiger partial charge in [0.25, 0.3) is 0 Å². The van der Waals surface area contributed by atoms with E-state index in [1.165, 1.54) is 10.8 Å². The Labute approximate surface area is 851 Å². The third-order valence-electron chi connectivity index (χ3n) is 27.4. The molecular formula is C133H83N15. The maximum Gasteiger partial charge on any atom is 0.164 e. The van der Waals surface area contributed by atoms with Gasteiger partial charge in [0.1, 0.15) is 0 Å². The number of hydrogen-bond acceptors (Lipinski definition) is 15. The Balaban J connectivity index is 0.000000113. The summed E-state index contributed by atoms with van der Waals surface area (Å²) in [5.41, 5.74) is 25.1. The van der Waals surface area contributed by atoms with Gasteiger partial charge in [0.2, 0.25) is 0 Å². The van der Waals surface area contributed by atoms with Gasteiger partial charge in [0.05, 0.1) is 22.1 Å². The fraction of sp³-hybridized carbons (Fsp3) is 0. The first kappa shape index (κ1) is 87.9. The predicted octanol–water partition coefficient (Wildman–Crippen LogP) is 32.5. The summed E-state index contributed by atoms with van der Waals surface area (Å²) in [6.45, 7) is 0. The van der Waals surface area contributed by atoms with Gasteiger partial charge in [-0.1, -0.05) is 315 Å². The highest BCUT2D eigenvalue weighted by Gasteiger charge is 2.24. The monoisotopic (exact) mass is 1890 g/mol. The average molecular weight is 1890 g/mol. The van der Waals surface area contributed by atoms with Crippen LogP contribution in [-0.4, -0.2) is 74.8 Å². The lowest BCUT2D eigenvalue weighted by Gasteiger charge is -2.15. The molecule has 0 bridgehead atoms. The maximum atomic E-state index is 5.25. The molecule has 0 fully saturated rings. The number of hydrogen-bond donors (Lipinski definition) is 0. The van der Waals surface area contributed by atoms with Crippen molar-refractivity contribution in [1.29, 1.82) is 0 Å². The van der Waals surface area contributed by atoms with Gasteiger partial charge in [-0.05, 0) is 260 Å². The third-order valence-corrected chi connectivity index (χ3v) is 27.4. The number of pyridine rings is 6. The largest absolute Gasteiger partial charge is 0.264 e. The molecule has 28 rings (SSSR count). The summed E-state index contributed by atoms with van der Waals surface area (Å²) in [4.78, 5) is 73.4. The van der Waals surface area contributed by atoms with Crippen LogP contribution in [0.2, 0.25) is 0 Å². The molecule has 0 aliphatic heterocycles. The van der Waals surface area contributed by atoms with Crippen LogP contribution in [0.5, 0.6) is 0 Å². The van der Waals surface area contributed by atoms with Crippen molar-refractivity contribution >= 4 is 108 Å². The summed E-state index contributed by atoms with van der Waals surface area (Å²) in [5, 5.41) is 17.9. The van der Waals surface area contributed by atoms with E-state index < -0.39 is 0 Å². The SMILES string of the molecule is c1ccc(-c2nc(-c3ccccc3)nc(-c3cc(-c4ccc5ncccc5c4)cc(-c4ccc5ncccc5c4)c3)n2)cc1.c1ccc2cc(-c3nc(-c4cc(-c5cccc6cnccc56)cc(-c5cccc6cnccc56)c4)nc(-c4ccc5ccccc5c4)n3)ccc2c1.c1cnc2cc(-c3cc(-c4ccc5cccnc5c4)cc(-c4nc(-c5cccc6ccccc56)nc(-c5cccc6ccccc56)n4)c3)ccc2c1. The Bertz CT molecular complexity index is 9090. The van der Waals surface area contributed by atoms with E-state index in [0.29, 0.717) is 52.4 Å². The van der Waals surface area contributed by atoms with Gasteiger partial charge < -0.3 is 0 Å². The molecule has 148 heavy (non-hydrogen) atoms. The summed E-state index contributed by atoms with van der Waals surface area (Å²) in [7, 11) is 0. The molecule has 0 saturated carbocycles. The summed E-state index contributed by atoms with van der Waals surface area (Å²) in [6, 6.07) is 158. The molecule has 0 aliphatic carbocycles. The van der Waals surface area contributed by atoms with Gasteiger partial charge in [-0.2, -0.15) is 0 Å². The van der Waals surface area contributed by atoms with Crippen LogP contribution in [0, 0.1) is 0 Å². The van der Waals surface area contributed by atoms with Crippen molar-refractivity contribution in [1.82, 2.24) is 74.8 Å². The number of fused-ring (bicyclic) bond motifs is 10. The molecule has 28 aromatic rings. The number of nitrogens with zero attached hydrogens (tertiary/aromatic N) is 15. The second-order valence-electron chi connectivity index (χ2n) is 36.7. The highest BCUT2D eigenvalue weighted by atomic mass is 15.1. The molecule has 0 aliphatic rings. The van der Waals surface area contributed by atoms with E-state index in [4.69, 9.17) is 44.9 Å². The lowest BCUT2D eigenvalue weighted by atomic mass is 9.92. The molecule has 0 radical (unpaired) electrons. The van der Waals surface area contributed by atoms with E-state index in [-0.39, 0.29) is 0 Å². The molecule has 0 saturated heterocycles. The number of aromatic nitrogens is 15. The van der Waals surface area contributed by atoms with Crippen molar-refractivity contribution in [2.24, 2.45) is 0 Å². The quantitative estimate of drug-likeness (QED) is 0.0940. The molecule has 15 nitrogen and oxygen atoms in total. The third kappa shape index (κ3) is 17.8. The van der Waals surface area contributed by atoms with Crippen molar-refractivity contribution < 1.29 is 0 Å². The Kier molecular flexibility index (Phi) is 22.9. The summed E-state index contributed by atoms with van der Waals surface area (Å²) >= 11 is 0. The molecule has 690 valence electrons. The Morgan fingerprint density at radius 1 is 0.115 bits per heavy atom. The summed E-state index contributed by atoms with van der Waals surface area (Å²) in [5.74, 6) is 5.59. The lowest BCUT2D eigenvalue weighted by Crippen LogP contribution is -2.01. The molecule has 0 atom stereocenters. The van der Waals surface area contributed by atoms with Crippen LogP contribution in [0.4, 0.5) is 0 Å². The summed E-state index contributed by atoms with van der Waals surface area (Å²) < 4.78 is 0. The van der Waals surface area contributed by atoms with Crippen molar-refractivity contribution in [2.45, 2.75) is 0 Å². The first-order chi connectivity index (χ1) is 73.2. The average Bonchev–Trinajstić information content (AvgIpc) is 0.764. The Morgan fingerprint density at radius 2 is 0.385 bits per heavy atom. The molecule has 0 unspecified atom stereocenters. The molecule has 0 N–H and O–H groups in total. The predicted molar refractivity (Wildman–Crippen MR) is 603 cm³/mol. The highest BCUT2D eigenvalue weighted by Crippen LogP contribution is 2.44. The van der Waals surface area contributed by atoms with Gasteiger partial charge in [-0.15, -0.1) is 0 Å². The summed E-state index contributed by atoms with van der Waals surface area (Å²) in [6.07, 6.45) is 14.9. The van der Waals surface area contributed by atoms with Crippen LogP contribution >= 0.6 is 0 Å². The minimum Gasteiger partial charge on any atom is -0.264 e. The molecule has 9 aromatic heterocycles. The van der Waals surface area contributed by atoms with Crippen LogP contribution in [0.15, 0.2) is 505 Å². The first-order valence-electron chi connectivity index (χ1n) is 49.1. The van der Waals surface area contributed by atoms with Gasteiger partial charge in [-0.3, -0.25) is 29.9 Å². The van der Waals surface area contributed by atoms with E-state index in [1.54, 1.807) is 0 Å². The van der Waals surface area contributed by atoms with Gasteiger partial charge in [0, 0.05) is 132 Å². The van der Waals surface area contributed by atoms with Crippen LogP contribution in [0.25, 0.3) is 277 Å². The highest BCUT2D eigenvalue weighted by molar-refractivity contribution is 6.04. The van der Waals surface area contributed by atoms with Crippen LogP contribution in [-0.2, 0) is 0 Å². The molecule has 19 aromatic carbocycles. The fourth-order valence-electron chi connectivity index (χ4n) is 19.9. The van der Waals surface area contributed by atoms with Crippen molar-refractivity contribution in [2.75, 3.05) is 0 Å². The molecule has 0 amide bonds. The topological polar surface area (TPSA) is 193 Å². The second kappa shape index (κ2) is 38.6. The van der Waals surface area contributed by atoms with E-state index in [0.717, 1.165) is 214 Å². The molecule has 0 spiro atoms. The number of rotatable bonds is 15. The van der Waals surface area contributed by atoms with Crippen molar-refractivity contribution in [3.8, 4) is 169 Å². The second-order valence-corrected chi connectivity index (χ2v) is 36.7. The first-order valence-corrected chi connectivity index (χ1v) is 49.1. The lowest BCUT2D eigenvalue weighted by molar-refractivity contribution is 1.07. The zero-order valence-corrected chi connectivity index (χ0v) is 79.6. The van der Waals surface area contributed by atoms with Crippen molar-refractivity contribution in [3.05, 3.63) is 505 Å². The van der Waals surface area contributed by atoms with Crippen LogP contribution < -0.4 is 0 Å². The van der Waals surface area contributed by atoms with Gasteiger partial charge in [-0.25, -0.2) is 44.9 Å². The fourth-order valence-corrected chi connectivity index (χ4v) is 19.9. The Morgan fingerprint density at radius 3 is 0.811 bits per heavy atom. The number of benzene rings is 19. The molecular weight excluding hydrogens is 1810 g/mol. The van der Waals surface area contributed by atoms with Crippen molar-refractivity contribution in [3.63, 3.8) is 0 Å². The minimum absolute atomic E-state index is 0.599. The zero-order valence-electron chi connectivity index (χ0n) is 79.6. The van der Waals surface area contributed by atoms with E-state index in [2.05, 4.69) is 400 Å². The van der Waals surface area contributed by atoms with E-state index >= 15 is 0 Å². The molecule has 15 heteroatoms. The zero-order chi connectivity index (χ0) is 98.2. The van der Waals surface area contributed by atoms with E-state index in [9.17, 15) is 0 Å². The van der Waals surface area contributed by atoms with Gasteiger partial charge >= 0.3 is 0 Å². The smallest absolute Gasteiger partial charge is 0.164 e. The Hall–Kier alpha value is -20.3. The minimum atomic E-state index is 0.599.